The van der Waals surface area contributed by atoms with Gasteiger partial charge in [-0.05, 0) is 36.4 Å². The number of hydrazine groups is 1. The molecule has 2 heterocycles. The van der Waals surface area contributed by atoms with E-state index in [-0.39, 0.29) is 0 Å². The maximum absolute atomic E-state index is 5.85. The molecule has 1 aliphatic rings. The van der Waals surface area contributed by atoms with Crippen molar-refractivity contribution in [1.82, 2.24) is 15.2 Å². The molecular weight excluding hydrogens is 318 g/mol. The smallest absolute Gasteiger partial charge is 0.0984 e. The van der Waals surface area contributed by atoms with Gasteiger partial charge in [0.25, 0.3) is 0 Å². The predicted octanol–water partition coefficient (Wildman–Crippen LogP) is 2.45. The quantitative estimate of drug-likeness (QED) is 0.402. The maximum Gasteiger partial charge on any atom is 0.0984 e. The molecule has 0 saturated carbocycles. The van der Waals surface area contributed by atoms with Crippen LogP contribution < -0.4 is 16.9 Å². The second-order valence-electron chi connectivity index (χ2n) is 5.82. The summed E-state index contributed by atoms with van der Waals surface area (Å²) in [4.78, 5) is 3.40. The molecule has 5 nitrogen and oxygen atoms in total. The van der Waals surface area contributed by atoms with Crippen LogP contribution >= 0.6 is 11.3 Å². The number of nitrogens with one attached hydrogen (secondary N) is 1. The highest BCUT2D eigenvalue weighted by atomic mass is 32.1. The number of likely N-dealkylation sites (N-methyl/N-ethyl adjacent to an activating group) is 1. The Kier molecular flexibility index (Phi) is 6.66. The van der Waals surface area contributed by atoms with E-state index in [1.807, 2.05) is 32.2 Å². The Hall–Kier alpha value is -2.02. The van der Waals surface area contributed by atoms with Crippen LogP contribution in [0.1, 0.15) is 18.2 Å². The summed E-state index contributed by atoms with van der Waals surface area (Å²) in [6.45, 7) is 7.96. The molecule has 1 atom stereocenters. The van der Waals surface area contributed by atoms with E-state index in [4.69, 9.17) is 11.6 Å². The van der Waals surface area contributed by atoms with Crippen LogP contribution in [0.15, 0.2) is 60.0 Å². The average molecular weight is 346 g/mol. The molecule has 0 radical (unpaired) electrons. The molecule has 0 spiro atoms. The zero-order valence-corrected chi connectivity index (χ0v) is 15.2. The molecule has 0 amide bonds. The summed E-state index contributed by atoms with van der Waals surface area (Å²) in [5.41, 5.74) is 7.76. The van der Waals surface area contributed by atoms with E-state index < -0.39 is 0 Å². The maximum atomic E-state index is 5.85. The number of thiophene rings is 1. The first-order valence-corrected chi connectivity index (χ1v) is 8.91. The first kappa shape index (κ1) is 18.3. The van der Waals surface area contributed by atoms with Crippen LogP contribution in [0, 0.1) is 0 Å². The van der Waals surface area contributed by atoms with Crippen LogP contribution in [-0.2, 0) is 0 Å². The second kappa shape index (κ2) is 8.73. The van der Waals surface area contributed by atoms with Crippen LogP contribution in [0.25, 0.3) is 5.57 Å². The topological polar surface area (TPSA) is 70.5 Å². The van der Waals surface area contributed by atoms with Gasteiger partial charge in [0.2, 0.25) is 0 Å². The largest absolute Gasteiger partial charge is 0.403 e. The van der Waals surface area contributed by atoms with Crippen LogP contribution in [0.4, 0.5) is 0 Å². The molecular formula is C18H27N5S. The van der Waals surface area contributed by atoms with Gasteiger partial charge in [0.05, 0.1) is 11.5 Å². The van der Waals surface area contributed by atoms with E-state index in [9.17, 15) is 0 Å². The Labute approximate surface area is 148 Å². The van der Waals surface area contributed by atoms with Crippen LogP contribution in [0.3, 0.4) is 0 Å². The predicted molar refractivity (Wildman–Crippen MR) is 104 cm³/mol. The summed E-state index contributed by atoms with van der Waals surface area (Å²) in [7, 11) is 1.91. The fourth-order valence-electron chi connectivity index (χ4n) is 2.68. The molecule has 0 aromatic carbocycles. The molecule has 2 rings (SSSR count). The van der Waals surface area contributed by atoms with Crippen molar-refractivity contribution >= 4 is 16.9 Å². The third-order valence-electron chi connectivity index (χ3n) is 4.05. The second-order valence-corrected chi connectivity index (χ2v) is 6.77. The molecule has 1 fully saturated rings. The molecule has 1 aromatic rings. The zero-order valence-electron chi connectivity index (χ0n) is 14.4. The van der Waals surface area contributed by atoms with Gasteiger partial charge in [-0.25, -0.2) is 5.01 Å². The molecule has 5 N–H and O–H groups in total. The third kappa shape index (κ3) is 4.74. The Morgan fingerprint density at radius 2 is 2.33 bits per heavy atom. The third-order valence-corrected chi connectivity index (χ3v) is 4.97. The van der Waals surface area contributed by atoms with Gasteiger partial charge in [0, 0.05) is 37.3 Å². The van der Waals surface area contributed by atoms with Crippen molar-refractivity contribution in [3.63, 3.8) is 0 Å². The highest BCUT2D eigenvalue weighted by molar-refractivity contribution is 7.11. The Morgan fingerprint density at radius 3 is 2.88 bits per heavy atom. The molecule has 130 valence electrons. The van der Waals surface area contributed by atoms with Crippen molar-refractivity contribution in [1.29, 1.82) is 0 Å². The number of hydrogen-bond acceptors (Lipinski definition) is 6. The van der Waals surface area contributed by atoms with Gasteiger partial charge in [0.15, 0.2) is 0 Å². The van der Waals surface area contributed by atoms with E-state index in [1.165, 1.54) is 4.88 Å². The number of nitrogens with zero attached hydrogens (tertiary/aromatic N) is 2. The van der Waals surface area contributed by atoms with Crippen molar-refractivity contribution in [2.24, 2.45) is 11.6 Å². The summed E-state index contributed by atoms with van der Waals surface area (Å²) in [6.07, 6.45) is 8.75. The van der Waals surface area contributed by atoms with Crippen molar-refractivity contribution in [3.05, 3.63) is 64.9 Å². The minimum Gasteiger partial charge on any atom is -0.403 e. The summed E-state index contributed by atoms with van der Waals surface area (Å²) in [5.74, 6) is 6.70. The fourth-order valence-corrected chi connectivity index (χ4v) is 3.41. The van der Waals surface area contributed by atoms with Gasteiger partial charge in [-0.15, -0.1) is 11.3 Å². The van der Waals surface area contributed by atoms with Crippen LogP contribution in [0.2, 0.25) is 0 Å². The van der Waals surface area contributed by atoms with Crippen molar-refractivity contribution < 1.29 is 0 Å². The lowest BCUT2D eigenvalue weighted by Crippen LogP contribution is -2.40. The molecule has 0 bridgehead atoms. The van der Waals surface area contributed by atoms with E-state index >= 15 is 0 Å². The van der Waals surface area contributed by atoms with E-state index in [0.29, 0.717) is 6.04 Å². The summed E-state index contributed by atoms with van der Waals surface area (Å²) in [5, 5.41) is 7.16. The average Bonchev–Trinajstić information content (AvgIpc) is 3.24. The summed E-state index contributed by atoms with van der Waals surface area (Å²) >= 11 is 1.70. The number of allylic oxidation sites excluding steroid dienone is 4. The van der Waals surface area contributed by atoms with Gasteiger partial charge in [-0.1, -0.05) is 24.8 Å². The molecule has 1 aliphatic heterocycles. The molecule has 24 heavy (non-hydrogen) atoms. The lowest BCUT2D eigenvalue weighted by Gasteiger charge is -2.24. The molecule has 1 saturated heterocycles. The van der Waals surface area contributed by atoms with Crippen molar-refractivity contribution in [2.45, 2.75) is 19.4 Å². The lowest BCUT2D eigenvalue weighted by molar-refractivity contribution is 0.248. The first-order valence-electron chi connectivity index (χ1n) is 8.03. The first-order chi connectivity index (χ1) is 11.5. The number of likely N-dealkylation sites (tertiary alicyclic amines) is 1. The summed E-state index contributed by atoms with van der Waals surface area (Å²) in [6, 6.07) is 4.50. The highest BCUT2D eigenvalue weighted by Crippen LogP contribution is 2.23. The minimum atomic E-state index is 0.356. The number of hydrogen-bond donors (Lipinski definition) is 3. The van der Waals surface area contributed by atoms with Crippen LogP contribution in [-0.4, -0.2) is 36.1 Å². The zero-order chi connectivity index (χ0) is 17.5. The Bertz CT molecular complexity index is 628. The number of rotatable bonds is 7. The van der Waals surface area contributed by atoms with Crippen molar-refractivity contribution in [2.75, 3.05) is 20.1 Å². The van der Waals surface area contributed by atoms with Gasteiger partial charge < -0.3 is 16.0 Å². The normalized spacial score (nSPS) is 19.5. The lowest BCUT2D eigenvalue weighted by atomic mass is 10.1. The molecule has 0 aliphatic carbocycles. The van der Waals surface area contributed by atoms with Gasteiger partial charge >= 0.3 is 0 Å². The van der Waals surface area contributed by atoms with Gasteiger partial charge in [-0.2, -0.15) is 0 Å². The standard InChI is InChI=1S/C18H27N5S/c1-4-6-15(18-7-5-10-24-18)11-16(12-19)21-14(2)23-9-8-17(13-23)22(3)20/h4-7,10-12,17,21H,2,8-9,13,19-20H2,1,3H3/b6-4-,15-11+,16-12-. The fraction of sp³-hybridized carbons (Fsp3) is 0.333. The Balaban J connectivity index is 2.06. The molecule has 6 heteroatoms. The summed E-state index contributed by atoms with van der Waals surface area (Å²) < 4.78 is 0. The Morgan fingerprint density at radius 1 is 1.54 bits per heavy atom. The highest BCUT2D eigenvalue weighted by Gasteiger charge is 2.25. The monoisotopic (exact) mass is 345 g/mol. The van der Waals surface area contributed by atoms with E-state index in [2.05, 4.69) is 34.3 Å². The molecule has 1 unspecified atom stereocenters. The van der Waals surface area contributed by atoms with Crippen LogP contribution in [0.5, 0.6) is 0 Å². The van der Waals surface area contributed by atoms with E-state index in [1.54, 1.807) is 22.5 Å². The minimum absolute atomic E-state index is 0.356. The molecule has 1 aromatic heterocycles. The SMILES string of the molecule is C=C(NC(=C\N)/C=C(\C=C/C)c1cccs1)N1CCC(N(C)N)C1. The van der Waals surface area contributed by atoms with E-state index in [0.717, 1.165) is 36.6 Å². The van der Waals surface area contributed by atoms with Gasteiger partial charge in [-0.3, -0.25) is 5.84 Å². The van der Waals surface area contributed by atoms with Crippen molar-refractivity contribution in [3.8, 4) is 0 Å². The van der Waals surface area contributed by atoms with Gasteiger partial charge in [0.1, 0.15) is 0 Å². The number of nitrogens with two attached hydrogens (primary N) is 2.